The molecule has 2 aromatic carbocycles. The smallest absolute Gasteiger partial charge is 0.269 e. The maximum atomic E-state index is 12.0. The molecule has 7 nitrogen and oxygen atoms in total. The van der Waals surface area contributed by atoms with E-state index in [2.05, 4.69) is 15.5 Å². The average molecular weight is 296 g/mol. The third-order valence-corrected chi connectivity index (χ3v) is 3.24. The largest absolute Gasteiger partial charge is 0.326 e. The van der Waals surface area contributed by atoms with Crippen LogP contribution in [-0.4, -0.2) is 21.0 Å². The molecular weight excluding hydrogens is 284 g/mol. The summed E-state index contributed by atoms with van der Waals surface area (Å²) in [4.78, 5) is 22.1. The quantitative estimate of drug-likeness (QED) is 0.570. The average Bonchev–Trinajstić information content (AvgIpc) is 2.95. The summed E-state index contributed by atoms with van der Waals surface area (Å²) in [6, 6.07) is 11.4. The van der Waals surface area contributed by atoms with E-state index >= 15 is 0 Å². The summed E-state index contributed by atoms with van der Waals surface area (Å²) in [6.07, 6.45) is 1.84. The molecule has 1 amide bonds. The Labute approximate surface area is 125 Å². The van der Waals surface area contributed by atoms with E-state index < -0.39 is 4.92 Å². The van der Waals surface area contributed by atoms with Crippen molar-refractivity contribution in [2.24, 2.45) is 0 Å². The number of non-ortho nitro benzene ring substituents is 1. The zero-order valence-corrected chi connectivity index (χ0v) is 11.4. The van der Waals surface area contributed by atoms with Gasteiger partial charge in [0, 0.05) is 23.2 Å². The van der Waals surface area contributed by atoms with Gasteiger partial charge in [-0.15, -0.1) is 0 Å². The van der Waals surface area contributed by atoms with E-state index in [4.69, 9.17) is 0 Å². The van der Waals surface area contributed by atoms with E-state index in [-0.39, 0.29) is 18.0 Å². The van der Waals surface area contributed by atoms with Crippen molar-refractivity contribution in [3.8, 4) is 0 Å². The molecule has 3 rings (SSSR count). The van der Waals surface area contributed by atoms with E-state index in [1.54, 1.807) is 24.4 Å². The summed E-state index contributed by atoms with van der Waals surface area (Å²) < 4.78 is 0. The standard InChI is InChI=1S/C15H12N4O3/c20-15(7-10-1-4-13(5-2-10)19(21)22)17-12-3-6-14-11(8-12)9-16-18-14/h1-6,8-9H,7H2,(H,16,18)(H,17,20). The molecule has 0 bridgehead atoms. The Hall–Kier alpha value is -3.22. The number of amides is 1. The Morgan fingerprint density at radius 3 is 2.73 bits per heavy atom. The second-order valence-electron chi connectivity index (χ2n) is 4.82. The highest BCUT2D eigenvalue weighted by atomic mass is 16.6. The summed E-state index contributed by atoms with van der Waals surface area (Å²) in [6.45, 7) is 0. The second kappa shape index (κ2) is 5.65. The minimum atomic E-state index is -0.468. The van der Waals surface area contributed by atoms with Crippen LogP contribution >= 0.6 is 0 Å². The maximum absolute atomic E-state index is 12.0. The monoisotopic (exact) mass is 296 g/mol. The van der Waals surface area contributed by atoms with Gasteiger partial charge < -0.3 is 5.32 Å². The molecule has 0 saturated heterocycles. The van der Waals surface area contributed by atoms with Crippen LogP contribution in [0.5, 0.6) is 0 Å². The van der Waals surface area contributed by atoms with Crippen molar-refractivity contribution in [3.63, 3.8) is 0 Å². The fraction of sp³-hybridized carbons (Fsp3) is 0.0667. The summed E-state index contributed by atoms with van der Waals surface area (Å²) in [5, 5.41) is 21.0. The van der Waals surface area contributed by atoms with Gasteiger partial charge in [0.25, 0.3) is 5.69 Å². The second-order valence-corrected chi connectivity index (χ2v) is 4.82. The lowest BCUT2D eigenvalue weighted by Crippen LogP contribution is -2.14. The van der Waals surface area contributed by atoms with Crippen LogP contribution < -0.4 is 5.32 Å². The summed E-state index contributed by atoms with van der Waals surface area (Å²) in [7, 11) is 0. The molecule has 0 atom stereocenters. The van der Waals surface area contributed by atoms with Gasteiger partial charge in [-0.2, -0.15) is 5.10 Å². The fourth-order valence-electron chi connectivity index (χ4n) is 2.15. The predicted molar refractivity (Wildman–Crippen MR) is 81.5 cm³/mol. The molecule has 2 N–H and O–H groups in total. The topological polar surface area (TPSA) is 101 Å². The van der Waals surface area contributed by atoms with Crippen molar-refractivity contribution in [1.29, 1.82) is 0 Å². The number of nitrogens with zero attached hydrogens (tertiary/aromatic N) is 2. The first-order chi connectivity index (χ1) is 10.6. The first-order valence-corrected chi connectivity index (χ1v) is 6.58. The number of aromatic amines is 1. The Morgan fingerprint density at radius 2 is 2.00 bits per heavy atom. The van der Waals surface area contributed by atoms with Crippen LogP contribution in [0.2, 0.25) is 0 Å². The summed E-state index contributed by atoms with van der Waals surface area (Å²) in [5.74, 6) is -0.184. The van der Waals surface area contributed by atoms with E-state index in [9.17, 15) is 14.9 Å². The lowest BCUT2D eigenvalue weighted by molar-refractivity contribution is -0.384. The van der Waals surface area contributed by atoms with Crippen LogP contribution in [0, 0.1) is 10.1 Å². The zero-order chi connectivity index (χ0) is 15.5. The van der Waals surface area contributed by atoms with E-state index in [0.29, 0.717) is 11.3 Å². The van der Waals surface area contributed by atoms with Crippen LogP contribution in [0.25, 0.3) is 10.9 Å². The maximum Gasteiger partial charge on any atom is 0.269 e. The van der Waals surface area contributed by atoms with Gasteiger partial charge in [0.2, 0.25) is 5.91 Å². The SMILES string of the molecule is O=C(Cc1ccc([N+](=O)[O-])cc1)Nc1ccc2[nH]ncc2c1. The molecule has 110 valence electrons. The summed E-state index contributed by atoms with van der Waals surface area (Å²) >= 11 is 0. The van der Waals surface area contributed by atoms with Crippen LogP contribution in [0.15, 0.2) is 48.7 Å². The molecule has 0 radical (unpaired) electrons. The fourth-order valence-corrected chi connectivity index (χ4v) is 2.15. The molecule has 0 aliphatic carbocycles. The van der Waals surface area contributed by atoms with Crippen molar-refractivity contribution >= 4 is 28.2 Å². The molecule has 7 heteroatoms. The molecule has 1 aromatic heterocycles. The van der Waals surface area contributed by atoms with Gasteiger partial charge in [0.15, 0.2) is 0 Å². The number of nitro benzene ring substituents is 1. The van der Waals surface area contributed by atoms with Crippen molar-refractivity contribution in [2.75, 3.05) is 5.32 Å². The van der Waals surface area contributed by atoms with E-state index in [1.165, 1.54) is 12.1 Å². The van der Waals surface area contributed by atoms with Gasteiger partial charge in [0.1, 0.15) is 0 Å². The number of aromatic nitrogens is 2. The number of fused-ring (bicyclic) bond motifs is 1. The molecule has 0 unspecified atom stereocenters. The molecule has 22 heavy (non-hydrogen) atoms. The zero-order valence-electron chi connectivity index (χ0n) is 11.4. The number of nitro groups is 1. The van der Waals surface area contributed by atoms with Gasteiger partial charge in [-0.3, -0.25) is 20.0 Å². The first kappa shape index (κ1) is 13.7. The van der Waals surface area contributed by atoms with Crippen LogP contribution in [0.4, 0.5) is 11.4 Å². The van der Waals surface area contributed by atoms with E-state index in [1.807, 2.05) is 12.1 Å². The Kier molecular flexibility index (Phi) is 3.53. The number of nitrogens with one attached hydrogen (secondary N) is 2. The molecular formula is C15H12N4O3. The van der Waals surface area contributed by atoms with Crippen molar-refractivity contribution in [2.45, 2.75) is 6.42 Å². The van der Waals surface area contributed by atoms with Gasteiger partial charge in [-0.05, 0) is 23.8 Å². The van der Waals surface area contributed by atoms with Gasteiger partial charge in [0.05, 0.1) is 23.1 Å². The number of hydrogen-bond acceptors (Lipinski definition) is 4. The normalized spacial score (nSPS) is 10.5. The van der Waals surface area contributed by atoms with Gasteiger partial charge in [-0.1, -0.05) is 12.1 Å². The minimum Gasteiger partial charge on any atom is -0.326 e. The Balaban J connectivity index is 1.67. The molecule has 3 aromatic rings. The minimum absolute atomic E-state index is 0.00886. The predicted octanol–water partition coefficient (Wildman–Crippen LogP) is 2.65. The number of hydrogen-bond donors (Lipinski definition) is 2. The number of rotatable bonds is 4. The number of carbonyl (C=O) groups excluding carboxylic acids is 1. The van der Waals surface area contributed by atoms with Crippen molar-refractivity contribution in [3.05, 3.63) is 64.3 Å². The highest BCUT2D eigenvalue weighted by Crippen LogP contribution is 2.17. The Bertz CT molecular complexity index is 839. The van der Waals surface area contributed by atoms with E-state index in [0.717, 1.165) is 10.9 Å². The number of benzene rings is 2. The van der Waals surface area contributed by atoms with Crippen LogP contribution in [0.3, 0.4) is 0 Å². The van der Waals surface area contributed by atoms with Crippen LogP contribution in [-0.2, 0) is 11.2 Å². The molecule has 0 aliphatic heterocycles. The lowest BCUT2D eigenvalue weighted by atomic mass is 10.1. The van der Waals surface area contributed by atoms with Crippen LogP contribution in [0.1, 0.15) is 5.56 Å². The van der Waals surface area contributed by atoms with Crippen molar-refractivity contribution < 1.29 is 9.72 Å². The third-order valence-electron chi connectivity index (χ3n) is 3.24. The summed E-state index contributed by atoms with van der Waals surface area (Å²) in [5.41, 5.74) is 2.30. The molecule has 1 heterocycles. The third kappa shape index (κ3) is 2.93. The Morgan fingerprint density at radius 1 is 1.23 bits per heavy atom. The molecule has 0 saturated carbocycles. The number of H-pyrrole nitrogens is 1. The number of anilines is 1. The van der Waals surface area contributed by atoms with Gasteiger partial charge in [-0.25, -0.2) is 0 Å². The number of carbonyl (C=O) groups is 1. The first-order valence-electron chi connectivity index (χ1n) is 6.58. The van der Waals surface area contributed by atoms with Crippen molar-refractivity contribution in [1.82, 2.24) is 10.2 Å². The molecule has 0 fully saturated rings. The highest BCUT2D eigenvalue weighted by Gasteiger charge is 2.08. The molecule has 0 spiro atoms. The molecule has 0 aliphatic rings. The highest BCUT2D eigenvalue weighted by molar-refractivity contribution is 5.94. The van der Waals surface area contributed by atoms with Gasteiger partial charge >= 0.3 is 0 Å². The lowest BCUT2D eigenvalue weighted by Gasteiger charge is -2.05.